The van der Waals surface area contributed by atoms with Gasteiger partial charge in [0, 0.05) is 16.9 Å². The van der Waals surface area contributed by atoms with Gasteiger partial charge in [-0.1, -0.05) is 30.3 Å². The SMILES string of the molecule is COc1ccc2oc(C(=O)NC(CSCc3ccccc3)C(=O)O)cc2c1. The van der Waals surface area contributed by atoms with Crippen LogP contribution in [0.15, 0.2) is 59.0 Å². The summed E-state index contributed by atoms with van der Waals surface area (Å²) in [5.41, 5.74) is 1.63. The van der Waals surface area contributed by atoms with Crippen molar-refractivity contribution in [3.8, 4) is 5.75 Å². The number of fused-ring (bicyclic) bond motifs is 1. The van der Waals surface area contributed by atoms with Crippen LogP contribution in [0.3, 0.4) is 0 Å². The topological polar surface area (TPSA) is 88.8 Å². The minimum Gasteiger partial charge on any atom is -0.497 e. The van der Waals surface area contributed by atoms with Gasteiger partial charge >= 0.3 is 5.97 Å². The monoisotopic (exact) mass is 385 g/mol. The number of amides is 1. The lowest BCUT2D eigenvalue weighted by Gasteiger charge is -2.13. The van der Waals surface area contributed by atoms with Gasteiger partial charge in [0.1, 0.15) is 17.4 Å². The summed E-state index contributed by atoms with van der Waals surface area (Å²) in [6.07, 6.45) is 0. The predicted molar refractivity (Wildman–Crippen MR) is 104 cm³/mol. The Hall–Kier alpha value is -2.93. The van der Waals surface area contributed by atoms with Crippen LogP contribution in [0.5, 0.6) is 5.75 Å². The standard InChI is InChI=1S/C20H19NO5S/c1-25-15-7-8-17-14(9-15)10-18(26-17)19(22)21-16(20(23)24)12-27-11-13-5-3-2-4-6-13/h2-10,16H,11-12H2,1H3,(H,21,22)(H,23,24). The van der Waals surface area contributed by atoms with Gasteiger partial charge < -0.3 is 19.6 Å². The Labute approximate surface area is 160 Å². The van der Waals surface area contributed by atoms with Crippen molar-refractivity contribution in [2.24, 2.45) is 0 Å². The summed E-state index contributed by atoms with van der Waals surface area (Å²) in [6, 6.07) is 15.5. The predicted octanol–water partition coefficient (Wildman–Crippen LogP) is 3.56. The molecule has 0 spiro atoms. The van der Waals surface area contributed by atoms with Crippen molar-refractivity contribution in [3.63, 3.8) is 0 Å². The maximum Gasteiger partial charge on any atom is 0.327 e. The van der Waals surface area contributed by atoms with Gasteiger partial charge in [0.05, 0.1) is 7.11 Å². The Morgan fingerprint density at radius 1 is 1.19 bits per heavy atom. The van der Waals surface area contributed by atoms with E-state index in [0.717, 1.165) is 5.56 Å². The summed E-state index contributed by atoms with van der Waals surface area (Å²) in [5, 5.41) is 12.6. The number of aliphatic carboxylic acids is 1. The van der Waals surface area contributed by atoms with Crippen LogP contribution in [-0.4, -0.2) is 35.9 Å². The van der Waals surface area contributed by atoms with Gasteiger partial charge in [-0.15, -0.1) is 0 Å². The third-order valence-corrected chi connectivity index (χ3v) is 5.05. The Kier molecular flexibility index (Phi) is 6.03. The molecule has 1 aromatic heterocycles. The van der Waals surface area contributed by atoms with Crippen molar-refractivity contribution in [3.05, 3.63) is 65.9 Å². The first-order valence-corrected chi connectivity index (χ1v) is 9.45. The molecule has 27 heavy (non-hydrogen) atoms. The number of carboxylic acids is 1. The fraction of sp³-hybridized carbons (Fsp3) is 0.200. The van der Waals surface area contributed by atoms with Crippen molar-refractivity contribution in [2.75, 3.05) is 12.9 Å². The molecule has 0 aliphatic carbocycles. The molecule has 0 bridgehead atoms. The second-order valence-electron chi connectivity index (χ2n) is 5.88. The quantitative estimate of drug-likeness (QED) is 0.616. The molecule has 1 amide bonds. The van der Waals surface area contributed by atoms with E-state index in [9.17, 15) is 14.7 Å². The fourth-order valence-electron chi connectivity index (χ4n) is 2.53. The average Bonchev–Trinajstić information content (AvgIpc) is 3.11. The highest BCUT2D eigenvalue weighted by molar-refractivity contribution is 7.98. The highest BCUT2D eigenvalue weighted by atomic mass is 32.2. The van der Waals surface area contributed by atoms with Gasteiger partial charge in [0.15, 0.2) is 5.76 Å². The Balaban J connectivity index is 1.63. The van der Waals surface area contributed by atoms with E-state index < -0.39 is 17.9 Å². The maximum absolute atomic E-state index is 12.4. The van der Waals surface area contributed by atoms with Crippen molar-refractivity contribution < 1.29 is 23.8 Å². The molecule has 1 heterocycles. The van der Waals surface area contributed by atoms with Gasteiger partial charge in [-0.05, 0) is 29.8 Å². The number of ether oxygens (including phenoxy) is 1. The van der Waals surface area contributed by atoms with Crippen LogP contribution in [0.2, 0.25) is 0 Å². The number of furan rings is 1. The van der Waals surface area contributed by atoms with Crippen LogP contribution in [0.1, 0.15) is 16.1 Å². The zero-order valence-corrected chi connectivity index (χ0v) is 15.5. The number of nitrogens with one attached hydrogen (secondary N) is 1. The van der Waals surface area contributed by atoms with Gasteiger partial charge in [-0.25, -0.2) is 4.79 Å². The third kappa shape index (κ3) is 4.83. The largest absolute Gasteiger partial charge is 0.497 e. The smallest absolute Gasteiger partial charge is 0.327 e. The number of hydrogen-bond donors (Lipinski definition) is 2. The minimum atomic E-state index is -1.08. The molecule has 1 unspecified atom stereocenters. The summed E-state index contributed by atoms with van der Waals surface area (Å²) in [4.78, 5) is 23.9. The molecule has 140 valence electrons. The van der Waals surface area contributed by atoms with Crippen LogP contribution >= 0.6 is 11.8 Å². The van der Waals surface area contributed by atoms with Crippen LogP contribution in [0.4, 0.5) is 0 Å². The third-order valence-electron chi connectivity index (χ3n) is 3.95. The second kappa shape index (κ2) is 8.64. The van der Waals surface area contributed by atoms with Crippen molar-refractivity contribution in [1.29, 1.82) is 0 Å². The van der Waals surface area contributed by atoms with E-state index in [2.05, 4.69) is 5.32 Å². The maximum atomic E-state index is 12.4. The Morgan fingerprint density at radius 2 is 1.96 bits per heavy atom. The number of benzene rings is 2. The molecule has 0 aliphatic rings. The Bertz CT molecular complexity index is 938. The number of thioether (sulfide) groups is 1. The van der Waals surface area contributed by atoms with E-state index in [4.69, 9.17) is 9.15 Å². The van der Waals surface area contributed by atoms with Crippen LogP contribution in [0.25, 0.3) is 11.0 Å². The normalized spacial score (nSPS) is 11.9. The van der Waals surface area contributed by atoms with Crippen molar-refractivity contribution in [1.82, 2.24) is 5.32 Å². The molecule has 7 heteroatoms. The number of carbonyl (C=O) groups is 2. The molecule has 2 aromatic carbocycles. The first-order chi connectivity index (χ1) is 13.1. The number of hydrogen-bond acceptors (Lipinski definition) is 5. The number of methoxy groups -OCH3 is 1. The molecule has 3 rings (SSSR count). The van der Waals surface area contributed by atoms with E-state index in [1.165, 1.54) is 11.8 Å². The summed E-state index contributed by atoms with van der Waals surface area (Å²) in [5.74, 6) is 0.00250. The molecule has 0 aliphatic heterocycles. The summed E-state index contributed by atoms with van der Waals surface area (Å²) < 4.78 is 10.7. The van der Waals surface area contributed by atoms with Gasteiger partial charge in [0.2, 0.25) is 0 Å². The zero-order valence-electron chi connectivity index (χ0n) is 14.7. The summed E-state index contributed by atoms with van der Waals surface area (Å²) >= 11 is 1.45. The minimum absolute atomic E-state index is 0.0672. The molecule has 0 saturated heterocycles. The fourth-order valence-corrected chi connectivity index (χ4v) is 3.54. The molecule has 0 saturated carbocycles. The first-order valence-electron chi connectivity index (χ1n) is 8.30. The van der Waals surface area contributed by atoms with Crippen molar-refractivity contribution in [2.45, 2.75) is 11.8 Å². The molecule has 0 fully saturated rings. The van der Waals surface area contributed by atoms with Crippen LogP contribution in [0, 0.1) is 0 Å². The van der Waals surface area contributed by atoms with Crippen LogP contribution < -0.4 is 10.1 Å². The van der Waals surface area contributed by atoms with E-state index in [1.54, 1.807) is 31.4 Å². The van der Waals surface area contributed by atoms with E-state index in [-0.39, 0.29) is 11.5 Å². The molecule has 0 radical (unpaired) electrons. The van der Waals surface area contributed by atoms with Gasteiger partial charge in [-0.2, -0.15) is 11.8 Å². The van der Waals surface area contributed by atoms with Crippen LogP contribution in [-0.2, 0) is 10.5 Å². The van der Waals surface area contributed by atoms with Crippen molar-refractivity contribution >= 4 is 34.6 Å². The zero-order chi connectivity index (χ0) is 19.2. The molecule has 2 N–H and O–H groups in total. The number of carbonyl (C=O) groups excluding carboxylic acids is 1. The Morgan fingerprint density at radius 3 is 2.67 bits per heavy atom. The lowest BCUT2D eigenvalue weighted by molar-refractivity contribution is -0.138. The lowest BCUT2D eigenvalue weighted by Crippen LogP contribution is -2.42. The second-order valence-corrected chi connectivity index (χ2v) is 6.91. The molecule has 1 atom stereocenters. The summed E-state index contributed by atoms with van der Waals surface area (Å²) in [7, 11) is 1.55. The molecular formula is C20H19NO5S. The highest BCUT2D eigenvalue weighted by Gasteiger charge is 2.22. The van der Waals surface area contributed by atoms with Gasteiger partial charge in [0.25, 0.3) is 5.91 Å². The average molecular weight is 385 g/mol. The highest BCUT2D eigenvalue weighted by Crippen LogP contribution is 2.24. The lowest BCUT2D eigenvalue weighted by atomic mass is 10.2. The number of rotatable bonds is 8. The molecular weight excluding hydrogens is 366 g/mol. The van der Waals surface area contributed by atoms with E-state index in [0.29, 0.717) is 22.5 Å². The number of carboxylic acid groups (broad SMARTS) is 1. The van der Waals surface area contributed by atoms with E-state index >= 15 is 0 Å². The first kappa shape index (κ1) is 18.8. The molecule has 6 nitrogen and oxygen atoms in total. The van der Waals surface area contributed by atoms with E-state index in [1.807, 2.05) is 30.3 Å². The summed E-state index contributed by atoms with van der Waals surface area (Å²) in [6.45, 7) is 0. The van der Waals surface area contributed by atoms with Gasteiger partial charge in [-0.3, -0.25) is 4.79 Å². The molecule has 3 aromatic rings.